The standard InChI is InChI=1S/C27H26ClN5O2S/c1-18-16-19(2)30-27(29-18)36-24-23(32-14-12-31(13-15-32)22-6-4-3-5-7-22)25(34)33(26(24)35)17-20-8-10-21(28)11-9-20/h3-11,16H,12-15,17H2,1-2H3. The number of amides is 2. The number of carbonyl (C=O) groups excluding carboxylic acids is 2. The lowest BCUT2D eigenvalue weighted by Crippen LogP contribution is -2.47. The molecule has 1 saturated heterocycles. The summed E-state index contributed by atoms with van der Waals surface area (Å²) in [5, 5.41) is 1.08. The number of aromatic nitrogens is 2. The molecule has 0 bridgehead atoms. The number of imide groups is 1. The van der Waals surface area contributed by atoms with Crippen molar-refractivity contribution in [2.24, 2.45) is 0 Å². The van der Waals surface area contributed by atoms with Gasteiger partial charge in [0.05, 0.1) is 6.54 Å². The Kier molecular flexibility index (Phi) is 6.98. The average Bonchev–Trinajstić information content (AvgIpc) is 3.09. The molecule has 36 heavy (non-hydrogen) atoms. The molecule has 0 unspecified atom stereocenters. The van der Waals surface area contributed by atoms with Gasteiger partial charge in [0.25, 0.3) is 11.8 Å². The van der Waals surface area contributed by atoms with Crippen LogP contribution in [-0.4, -0.2) is 57.8 Å². The quantitative estimate of drug-likeness (QED) is 0.352. The Balaban J connectivity index is 1.43. The third-order valence-corrected chi connectivity index (χ3v) is 7.42. The van der Waals surface area contributed by atoms with Gasteiger partial charge in [-0.25, -0.2) is 9.97 Å². The Bertz CT molecular complexity index is 1300. The van der Waals surface area contributed by atoms with Gasteiger partial charge < -0.3 is 9.80 Å². The lowest BCUT2D eigenvalue weighted by atomic mass is 10.2. The van der Waals surface area contributed by atoms with E-state index in [9.17, 15) is 9.59 Å². The van der Waals surface area contributed by atoms with Gasteiger partial charge in [0.1, 0.15) is 10.6 Å². The molecule has 5 rings (SSSR count). The fourth-order valence-electron chi connectivity index (χ4n) is 4.49. The predicted molar refractivity (Wildman–Crippen MR) is 142 cm³/mol. The van der Waals surface area contributed by atoms with Crippen molar-refractivity contribution in [1.29, 1.82) is 0 Å². The molecule has 2 aliphatic heterocycles. The summed E-state index contributed by atoms with van der Waals surface area (Å²) in [6.07, 6.45) is 0. The number of para-hydroxylation sites is 1. The molecule has 7 nitrogen and oxygen atoms in total. The highest BCUT2D eigenvalue weighted by Gasteiger charge is 2.42. The smallest absolute Gasteiger partial charge is 0.278 e. The van der Waals surface area contributed by atoms with Gasteiger partial charge in [-0.05, 0) is 61.5 Å². The second-order valence-corrected chi connectivity index (χ2v) is 10.3. The van der Waals surface area contributed by atoms with E-state index >= 15 is 0 Å². The number of anilines is 1. The van der Waals surface area contributed by atoms with Gasteiger partial charge in [-0.15, -0.1) is 0 Å². The fourth-order valence-corrected chi connectivity index (χ4v) is 5.68. The number of rotatable bonds is 6. The minimum atomic E-state index is -0.316. The van der Waals surface area contributed by atoms with Gasteiger partial charge in [0.15, 0.2) is 5.16 Å². The number of benzene rings is 2. The van der Waals surface area contributed by atoms with Crippen LogP contribution < -0.4 is 4.90 Å². The highest BCUT2D eigenvalue weighted by Crippen LogP contribution is 2.37. The maximum Gasteiger partial charge on any atom is 0.278 e. The first kappa shape index (κ1) is 24.3. The van der Waals surface area contributed by atoms with Gasteiger partial charge in [-0.3, -0.25) is 14.5 Å². The van der Waals surface area contributed by atoms with Crippen LogP contribution in [0.2, 0.25) is 5.02 Å². The topological polar surface area (TPSA) is 69.6 Å². The van der Waals surface area contributed by atoms with Gasteiger partial charge >= 0.3 is 0 Å². The molecule has 184 valence electrons. The van der Waals surface area contributed by atoms with Crippen molar-refractivity contribution >= 4 is 40.9 Å². The number of hydrogen-bond acceptors (Lipinski definition) is 7. The van der Waals surface area contributed by atoms with E-state index in [1.54, 1.807) is 12.1 Å². The predicted octanol–water partition coefficient (Wildman–Crippen LogP) is 4.44. The Hall–Kier alpha value is -3.36. The summed E-state index contributed by atoms with van der Waals surface area (Å²) < 4.78 is 0. The van der Waals surface area contributed by atoms with Crippen LogP contribution in [0.4, 0.5) is 5.69 Å². The summed E-state index contributed by atoms with van der Waals surface area (Å²) in [6.45, 7) is 6.75. The second kappa shape index (κ2) is 10.3. The second-order valence-electron chi connectivity index (χ2n) is 8.85. The summed E-state index contributed by atoms with van der Waals surface area (Å²) in [5.74, 6) is -0.599. The summed E-state index contributed by atoms with van der Waals surface area (Å²) in [5.41, 5.74) is 4.07. The number of halogens is 1. The van der Waals surface area contributed by atoms with Crippen LogP contribution in [0, 0.1) is 13.8 Å². The van der Waals surface area contributed by atoms with Crippen LogP contribution in [0.5, 0.6) is 0 Å². The van der Waals surface area contributed by atoms with E-state index in [2.05, 4.69) is 27.0 Å². The Labute approximate surface area is 219 Å². The third kappa shape index (κ3) is 5.10. The average molecular weight is 520 g/mol. The van der Waals surface area contributed by atoms with Crippen molar-refractivity contribution in [3.05, 3.63) is 93.2 Å². The molecule has 0 saturated carbocycles. The van der Waals surface area contributed by atoms with Crippen LogP contribution in [0.15, 0.2) is 76.4 Å². The molecule has 0 spiro atoms. The van der Waals surface area contributed by atoms with Crippen molar-refractivity contribution in [2.45, 2.75) is 25.5 Å². The normalized spacial score (nSPS) is 16.4. The fraction of sp³-hybridized carbons (Fsp3) is 0.259. The minimum Gasteiger partial charge on any atom is -0.368 e. The van der Waals surface area contributed by atoms with E-state index in [1.807, 2.05) is 55.1 Å². The van der Waals surface area contributed by atoms with Gasteiger partial charge in [-0.1, -0.05) is 41.9 Å². The van der Waals surface area contributed by atoms with Crippen molar-refractivity contribution in [1.82, 2.24) is 19.8 Å². The van der Waals surface area contributed by atoms with Gasteiger partial charge in [-0.2, -0.15) is 0 Å². The van der Waals surface area contributed by atoms with E-state index in [1.165, 1.54) is 16.7 Å². The number of piperazine rings is 1. The molecule has 1 aromatic heterocycles. The van der Waals surface area contributed by atoms with Crippen LogP contribution in [0.1, 0.15) is 17.0 Å². The monoisotopic (exact) mass is 519 g/mol. The Morgan fingerprint density at radius 3 is 2.08 bits per heavy atom. The molecule has 9 heteroatoms. The molecule has 0 radical (unpaired) electrons. The van der Waals surface area contributed by atoms with Crippen molar-refractivity contribution < 1.29 is 9.59 Å². The zero-order valence-corrected chi connectivity index (χ0v) is 21.7. The minimum absolute atomic E-state index is 0.181. The molecule has 0 atom stereocenters. The van der Waals surface area contributed by atoms with Crippen LogP contribution in [0.25, 0.3) is 0 Å². The van der Waals surface area contributed by atoms with Gasteiger partial charge in [0.2, 0.25) is 0 Å². The van der Waals surface area contributed by atoms with Crippen LogP contribution in [-0.2, 0) is 16.1 Å². The number of nitrogens with zero attached hydrogens (tertiary/aromatic N) is 5. The molecule has 2 amide bonds. The molecule has 2 aliphatic rings. The summed E-state index contributed by atoms with van der Waals surface area (Å²) in [7, 11) is 0. The maximum absolute atomic E-state index is 13.7. The molecule has 0 aliphatic carbocycles. The Morgan fingerprint density at radius 2 is 1.44 bits per heavy atom. The highest BCUT2D eigenvalue weighted by molar-refractivity contribution is 8.04. The van der Waals surface area contributed by atoms with E-state index in [4.69, 9.17) is 11.6 Å². The molecular weight excluding hydrogens is 494 g/mol. The largest absolute Gasteiger partial charge is 0.368 e. The lowest BCUT2D eigenvalue weighted by Gasteiger charge is -2.37. The van der Waals surface area contributed by atoms with E-state index in [-0.39, 0.29) is 18.4 Å². The molecule has 0 N–H and O–H groups in total. The SMILES string of the molecule is Cc1cc(C)nc(SC2=C(N3CCN(c4ccccc4)CC3)C(=O)N(Cc3ccc(Cl)cc3)C2=O)n1. The molecule has 3 aromatic rings. The maximum atomic E-state index is 13.7. The first-order valence-corrected chi connectivity index (χ1v) is 13.0. The molecular formula is C27H26ClN5O2S. The summed E-state index contributed by atoms with van der Waals surface area (Å²) >= 11 is 7.20. The molecule has 1 fully saturated rings. The summed E-state index contributed by atoms with van der Waals surface area (Å²) in [4.78, 5) is 42.3. The van der Waals surface area contributed by atoms with Gasteiger partial charge in [0, 0.05) is 48.3 Å². The number of hydrogen-bond donors (Lipinski definition) is 0. The zero-order valence-electron chi connectivity index (χ0n) is 20.1. The Morgan fingerprint density at radius 1 is 0.833 bits per heavy atom. The molecule has 3 heterocycles. The third-order valence-electron chi connectivity index (χ3n) is 6.23. The van der Waals surface area contributed by atoms with Crippen molar-refractivity contribution in [3.63, 3.8) is 0 Å². The van der Waals surface area contributed by atoms with E-state index < -0.39 is 0 Å². The van der Waals surface area contributed by atoms with E-state index in [0.717, 1.165) is 35.7 Å². The first-order chi connectivity index (χ1) is 17.4. The number of thioether (sulfide) groups is 1. The van der Waals surface area contributed by atoms with Crippen molar-refractivity contribution in [3.8, 4) is 0 Å². The van der Waals surface area contributed by atoms with Crippen LogP contribution >= 0.6 is 23.4 Å². The summed E-state index contributed by atoms with van der Waals surface area (Å²) in [6, 6.07) is 19.3. The lowest BCUT2D eigenvalue weighted by molar-refractivity contribution is -0.138. The van der Waals surface area contributed by atoms with Crippen molar-refractivity contribution in [2.75, 3.05) is 31.1 Å². The number of carbonyl (C=O) groups is 2. The number of aryl methyl sites for hydroxylation is 2. The van der Waals surface area contributed by atoms with Crippen LogP contribution in [0.3, 0.4) is 0 Å². The van der Waals surface area contributed by atoms with E-state index in [0.29, 0.717) is 33.9 Å². The zero-order chi connectivity index (χ0) is 25.2. The first-order valence-electron chi connectivity index (χ1n) is 11.8. The highest BCUT2D eigenvalue weighted by atomic mass is 35.5. The molecule has 2 aromatic carbocycles.